The molecule has 0 radical (unpaired) electrons. The number of benzene rings is 2. The second kappa shape index (κ2) is 5.56. The van der Waals surface area contributed by atoms with E-state index in [4.69, 9.17) is 0 Å². The lowest BCUT2D eigenvalue weighted by Gasteiger charge is -2.22. The zero-order valence-electron chi connectivity index (χ0n) is 13.6. The van der Waals surface area contributed by atoms with Gasteiger partial charge in [0.2, 0.25) is 0 Å². The van der Waals surface area contributed by atoms with E-state index in [1.807, 2.05) is 39.0 Å². The Balaban J connectivity index is 2.24. The average Bonchev–Trinajstić information content (AvgIpc) is 2.79. The Bertz CT molecular complexity index is 887. The molecule has 2 aromatic carbocycles. The van der Waals surface area contributed by atoms with Gasteiger partial charge >= 0.3 is 0 Å². The highest BCUT2D eigenvalue weighted by molar-refractivity contribution is 6.36. The van der Waals surface area contributed by atoms with Gasteiger partial charge in [-0.3, -0.25) is 19.7 Å². The molecule has 0 saturated carbocycles. The van der Waals surface area contributed by atoms with Crippen LogP contribution >= 0.6 is 0 Å². The molecular formula is C18H16N2O4. The molecule has 2 amide bonds. The second-order valence-electron chi connectivity index (χ2n) is 6.07. The highest BCUT2D eigenvalue weighted by Crippen LogP contribution is 2.38. The number of nitrogens with zero attached hydrogens (tertiary/aromatic N) is 2. The van der Waals surface area contributed by atoms with Crippen LogP contribution in [0.3, 0.4) is 0 Å². The van der Waals surface area contributed by atoms with Crippen LogP contribution in [0.15, 0.2) is 36.4 Å². The minimum Gasteiger partial charge on any atom is -0.268 e. The van der Waals surface area contributed by atoms with Gasteiger partial charge in [-0.1, -0.05) is 38.1 Å². The molecule has 0 aromatic heterocycles. The Morgan fingerprint density at radius 1 is 1.04 bits per heavy atom. The zero-order valence-corrected chi connectivity index (χ0v) is 13.6. The summed E-state index contributed by atoms with van der Waals surface area (Å²) in [5.74, 6) is -1.06. The molecule has 3 rings (SSSR count). The van der Waals surface area contributed by atoms with Crippen molar-refractivity contribution in [2.45, 2.75) is 26.7 Å². The SMILES string of the molecule is Cc1cccc(C(C)C)c1N1C(=O)c2cccc([N+](=O)[O-])c2C1=O. The molecule has 0 saturated heterocycles. The first kappa shape index (κ1) is 15.9. The molecule has 0 spiro atoms. The number of nitro benzene ring substituents is 1. The predicted molar refractivity (Wildman–Crippen MR) is 89.5 cm³/mol. The minimum absolute atomic E-state index is 0.0761. The van der Waals surface area contributed by atoms with Crippen molar-refractivity contribution in [3.05, 3.63) is 68.8 Å². The molecule has 2 aromatic rings. The maximum Gasteiger partial charge on any atom is 0.283 e. The van der Waals surface area contributed by atoms with E-state index in [9.17, 15) is 19.7 Å². The zero-order chi connectivity index (χ0) is 17.6. The molecule has 1 aliphatic rings. The lowest BCUT2D eigenvalue weighted by Crippen LogP contribution is -2.31. The Kier molecular flexibility index (Phi) is 3.67. The van der Waals surface area contributed by atoms with E-state index in [0.29, 0.717) is 5.69 Å². The van der Waals surface area contributed by atoms with Crippen molar-refractivity contribution in [3.8, 4) is 0 Å². The summed E-state index contributed by atoms with van der Waals surface area (Å²) in [7, 11) is 0. The fraction of sp³-hybridized carbons (Fsp3) is 0.222. The van der Waals surface area contributed by atoms with Crippen LogP contribution in [0.2, 0.25) is 0 Å². The maximum atomic E-state index is 12.9. The van der Waals surface area contributed by atoms with E-state index in [1.165, 1.54) is 18.2 Å². The summed E-state index contributed by atoms with van der Waals surface area (Å²) in [4.78, 5) is 37.3. The molecule has 6 heteroatoms. The number of imide groups is 1. The Morgan fingerprint density at radius 2 is 1.71 bits per heavy atom. The van der Waals surface area contributed by atoms with Gasteiger partial charge in [0.15, 0.2) is 0 Å². The van der Waals surface area contributed by atoms with Crippen LogP contribution in [0.25, 0.3) is 0 Å². The lowest BCUT2D eigenvalue weighted by atomic mass is 9.97. The van der Waals surface area contributed by atoms with E-state index < -0.39 is 16.7 Å². The van der Waals surface area contributed by atoms with E-state index in [0.717, 1.165) is 16.0 Å². The molecule has 0 unspecified atom stereocenters. The molecule has 0 fully saturated rings. The van der Waals surface area contributed by atoms with Gasteiger partial charge < -0.3 is 0 Å². The van der Waals surface area contributed by atoms with Gasteiger partial charge in [0.05, 0.1) is 16.2 Å². The van der Waals surface area contributed by atoms with Crippen molar-refractivity contribution in [3.63, 3.8) is 0 Å². The van der Waals surface area contributed by atoms with E-state index >= 15 is 0 Å². The number of rotatable bonds is 3. The van der Waals surface area contributed by atoms with Crippen molar-refractivity contribution in [2.24, 2.45) is 0 Å². The van der Waals surface area contributed by atoms with Crippen molar-refractivity contribution >= 4 is 23.2 Å². The standard InChI is InChI=1S/C18H16N2O4/c1-10(2)12-7-4-6-11(3)16(12)19-17(21)13-8-5-9-14(20(23)24)15(13)18(19)22/h4-10H,1-3H3. The molecule has 0 N–H and O–H groups in total. The number of anilines is 1. The summed E-state index contributed by atoms with van der Waals surface area (Å²) < 4.78 is 0. The summed E-state index contributed by atoms with van der Waals surface area (Å²) in [6.45, 7) is 5.76. The van der Waals surface area contributed by atoms with Crippen LogP contribution in [0, 0.1) is 17.0 Å². The largest absolute Gasteiger partial charge is 0.283 e. The normalized spacial score (nSPS) is 13.6. The third kappa shape index (κ3) is 2.19. The van der Waals surface area contributed by atoms with Crippen molar-refractivity contribution < 1.29 is 14.5 Å². The first-order chi connectivity index (χ1) is 11.3. The third-order valence-corrected chi connectivity index (χ3v) is 4.20. The van der Waals surface area contributed by atoms with Gasteiger partial charge in [0.25, 0.3) is 17.5 Å². The number of amides is 2. The number of aryl methyl sites for hydroxylation is 1. The number of hydrogen-bond acceptors (Lipinski definition) is 4. The van der Waals surface area contributed by atoms with Gasteiger partial charge in [-0.2, -0.15) is 0 Å². The van der Waals surface area contributed by atoms with Crippen LogP contribution in [0.1, 0.15) is 51.6 Å². The van der Waals surface area contributed by atoms with Crippen molar-refractivity contribution in [1.29, 1.82) is 0 Å². The number of fused-ring (bicyclic) bond motifs is 1. The summed E-state index contributed by atoms with van der Waals surface area (Å²) in [6, 6.07) is 9.68. The first-order valence-electron chi connectivity index (χ1n) is 7.60. The number of nitro groups is 1. The van der Waals surface area contributed by atoms with Crippen molar-refractivity contribution in [2.75, 3.05) is 4.90 Å². The lowest BCUT2D eigenvalue weighted by molar-refractivity contribution is -0.385. The fourth-order valence-corrected chi connectivity index (χ4v) is 3.08. The Morgan fingerprint density at radius 3 is 2.33 bits per heavy atom. The number of carbonyl (C=O) groups is 2. The van der Waals surface area contributed by atoms with Gasteiger partial charge in [-0.05, 0) is 30.0 Å². The molecule has 122 valence electrons. The van der Waals surface area contributed by atoms with E-state index in [2.05, 4.69) is 0 Å². The third-order valence-electron chi connectivity index (χ3n) is 4.20. The second-order valence-corrected chi connectivity index (χ2v) is 6.07. The average molecular weight is 324 g/mol. The molecule has 1 aliphatic heterocycles. The Hall–Kier alpha value is -3.02. The van der Waals surface area contributed by atoms with E-state index in [-0.39, 0.29) is 22.7 Å². The number of hydrogen-bond donors (Lipinski definition) is 0. The minimum atomic E-state index is -0.640. The van der Waals surface area contributed by atoms with Crippen LogP contribution < -0.4 is 4.90 Å². The van der Waals surface area contributed by atoms with Crippen LogP contribution in [-0.4, -0.2) is 16.7 Å². The van der Waals surface area contributed by atoms with Gasteiger partial charge in [0.1, 0.15) is 5.56 Å². The predicted octanol–water partition coefficient (Wildman–Crippen LogP) is 3.83. The summed E-state index contributed by atoms with van der Waals surface area (Å²) in [6.07, 6.45) is 0. The van der Waals surface area contributed by atoms with Gasteiger partial charge in [-0.15, -0.1) is 0 Å². The molecule has 0 bridgehead atoms. The Labute approximate surface area is 138 Å². The van der Waals surface area contributed by atoms with Gasteiger partial charge in [0, 0.05) is 6.07 Å². The topological polar surface area (TPSA) is 80.5 Å². The summed E-state index contributed by atoms with van der Waals surface area (Å²) in [5, 5.41) is 11.2. The quantitative estimate of drug-likeness (QED) is 0.488. The van der Waals surface area contributed by atoms with Gasteiger partial charge in [-0.25, -0.2) is 4.90 Å². The first-order valence-corrected chi connectivity index (χ1v) is 7.60. The molecule has 24 heavy (non-hydrogen) atoms. The molecule has 1 heterocycles. The highest BCUT2D eigenvalue weighted by atomic mass is 16.6. The van der Waals surface area contributed by atoms with Crippen LogP contribution in [0.4, 0.5) is 11.4 Å². The number of para-hydroxylation sites is 1. The summed E-state index contributed by atoms with van der Waals surface area (Å²) in [5.41, 5.74) is 1.75. The molecule has 6 nitrogen and oxygen atoms in total. The van der Waals surface area contributed by atoms with Crippen LogP contribution in [0.5, 0.6) is 0 Å². The van der Waals surface area contributed by atoms with Crippen molar-refractivity contribution in [1.82, 2.24) is 0 Å². The summed E-state index contributed by atoms with van der Waals surface area (Å²) >= 11 is 0. The maximum absolute atomic E-state index is 12.9. The monoisotopic (exact) mass is 324 g/mol. The van der Waals surface area contributed by atoms with E-state index in [1.54, 1.807) is 0 Å². The fourth-order valence-electron chi connectivity index (χ4n) is 3.08. The highest BCUT2D eigenvalue weighted by Gasteiger charge is 2.43. The number of carbonyl (C=O) groups excluding carboxylic acids is 2. The smallest absolute Gasteiger partial charge is 0.268 e. The van der Waals surface area contributed by atoms with Crippen LogP contribution in [-0.2, 0) is 0 Å². The molecular weight excluding hydrogens is 308 g/mol. The molecule has 0 atom stereocenters. The molecule has 0 aliphatic carbocycles.